The van der Waals surface area contributed by atoms with Crippen LogP contribution in [0, 0.1) is 83.1 Å². The van der Waals surface area contributed by atoms with Crippen LogP contribution in [0.3, 0.4) is 0 Å². The van der Waals surface area contributed by atoms with Crippen LogP contribution in [0.1, 0.15) is 66.8 Å². The molecule has 0 radical (unpaired) electrons. The van der Waals surface area contributed by atoms with Gasteiger partial charge in [0.25, 0.3) is 0 Å². The van der Waals surface area contributed by atoms with Gasteiger partial charge in [-0.25, -0.2) is 0 Å². The van der Waals surface area contributed by atoms with Gasteiger partial charge >= 0.3 is 0 Å². The maximum atomic E-state index is 2.61. The van der Waals surface area contributed by atoms with E-state index in [1.165, 1.54) is 210 Å². The van der Waals surface area contributed by atoms with Gasteiger partial charge in [-0.3, -0.25) is 0 Å². The first-order valence-electron chi connectivity index (χ1n) is 28.6. The third-order valence-corrected chi connectivity index (χ3v) is 18.2. The maximum absolute atomic E-state index is 2.61. The molecule has 0 unspecified atom stereocenters. The average molecular weight is 1030 g/mol. The number of aryl methyl sites for hydroxylation is 12. The molecule has 0 spiro atoms. The van der Waals surface area contributed by atoms with E-state index < -0.39 is 0 Å². The molecule has 2 nitrogen and oxygen atoms in total. The van der Waals surface area contributed by atoms with Gasteiger partial charge in [-0.05, 0) is 231 Å². The Bertz CT molecular complexity index is 4610. The van der Waals surface area contributed by atoms with E-state index in [1.807, 2.05) is 0 Å². The zero-order valence-electron chi connectivity index (χ0n) is 48.1. The Balaban J connectivity index is 1.09. The van der Waals surface area contributed by atoms with E-state index in [2.05, 4.69) is 262 Å². The predicted molar refractivity (Wildman–Crippen MR) is 345 cm³/mol. The molecule has 11 aromatic carbocycles. The fourth-order valence-electron chi connectivity index (χ4n) is 15.9. The molecule has 386 valence electrons. The maximum Gasteiger partial charge on any atom is 0.0634 e. The van der Waals surface area contributed by atoms with Gasteiger partial charge in [-0.15, -0.1) is 0 Å². The van der Waals surface area contributed by atoms with Crippen molar-refractivity contribution >= 4 is 76.2 Å². The van der Waals surface area contributed by atoms with Crippen LogP contribution in [0.5, 0.6) is 0 Å². The first kappa shape index (κ1) is 48.2. The molecule has 0 aliphatic rings. The summed E-state index contributed by atoms with van der Waals surface area (Å²) < 4.78 is 5.22. The summed E-state index contributed by atoms with van der Waals surface area (Å²) in [5, 5.41) is 10.4. The largest absolute Gasteiger partial charge is 0.308 e. The molecule has 15 rings (SSSR count). The van der Waals surface area contributed by atoms with Crippen molar-refractivity contribution in [2.45, 2.75) is 83.1 Å². The lowest BCUT2D eigenvalue weighted by Gasteiger charge is -2.22. The Labute approximate surface area is 468 Å². The summed E-state index contributed by atoms with van der Waals surface area (Å²) in [4.78, 5) is 0. The summed E-state index contributed by atoms with van der Waals surface area (Å²) in [6, 6.07) is 66.0. The second-order valence-corrected chi connectivity index (χ2v) is 23.9. The fourth-order valence-corrected chi connectivity index (χ4v) is 15.9. The zero-order chi connectivity index (χ0) is 54.9. The van der Waals surface area contributed by atoms with Gasteiger partial charge < -0.3 is 8.80 Å². The van der Waals surface area contributed by atoms with Crippen molar-refractivity contribution in [1.29, 1.82) is 0 Å². The van der Waals surface area contributed by atoms with Crippen molar-refractivity contribution in [1.82, 2.24) is 8.80 Å². The molecule has 4 aromatic heterocycles. The van der Waals surface area contributed by atoms with Crippen LogP contribution < -0.4 is 0 Å². The molecule has 0 saturated carbocycles. The molecule has 0 atom stereocenters. The standard InChI is InChI=1S/C78H64N2/c1-41-31-45(5)67(46(6)32-41)57-21-17-22-58(68-47(7)33-42(2)34-48(68)8)71(57)53-27-29-65-61(39-53)75-73-55-19-13-16-26-64(55)80-66-30-28-54(40-62(66)76(78(73)80)74-56-20-14-15-25-63(56)79(65)77(74)75)72-59(69-49(9)35-43(3)36-50(69)10)23-18-24-60(72)70-51(11)37-44(4)38-52(70)12/h13-40H,1-12H3. The number of aromatic nitrogens is 2. The highest BCUT2D eigenvalue weighted by atomic mass is 14.9. The number of hydrogen-bond acceptors (Lipinski definition) is 0. The molecular weight excluding hydrogens is 965 g/mol. The number of rotatable bonds is 6. The lowest BCUT2D eigenvalue weighted by atomic mass is 9.82. The third kappa shape index (κ3) is 6.66. The molecule has 0 fully saturated rings. The smallest absolute Gasteiger partial charge is 0.0634 e. The van der Waals surface area contributed by atoms with Gasteiger partial charge in [-0.2, -0.15) is 0 Å². The molecule has 15 aromatic rings. The molecule has 4 heterocycles. The van der Waals surface area contributed by atoms with Crippen molar-refractivity contribution in [3.63, 3.8) is 0 Å². The second kappa shape index (κ2) is 17.3. The van der Waals surface area contributed by atoms with Crippen molar-refractivity contribution < 1.29 is 0 Å². The number of para-hydroxylation sites is 2. The predicted octanol–water partition coefficient (Wildman–Crippen LogP) is 21.7. The number of fused-ring (bicyclic) bond motifs is 14. The Kier molecular flexibility index (Phi) is 10.4. The Morgan fingerprint density at radius 2 is 0.487 bits per heavy atom. The summed E-state index contributed by atoms with van der Waals surface area (Å²) in [6.45, 7) is 27.2. The minimum Gasteiger partial charge on any atom is -0.308 e. The van der Waals surface area contributed by atoms with Gasteiger partial charge in [0.1, 0.15) is 0 Å². The topological polar surface area (TPSA) is 8.82 Å². The van der Waals surface area contributed by atoms with E-state index in [4.69, 9.17) is 0 Å². The molecule has 0 N–H and O–H groups in total. The average Bonchev–Trinajstić information content (AvgIpc) is 1.92. The number of nitrogens with zero attached hydrogens (tertiary/aromatic N) is 2. The van der Waals surface area contributed by atoms with Crippen LogP contribution in [0.4, 0.5) is 0 Å². The van der Waals surface area contributed by atoms with Crippen LogP contribution >= 0.6 is 0 Å². The highest BCUT2D eigenvalue weighted by molar-refractivity contribution is 6.45. The van der Waals surface area contributed by atoms with Crippen molar-refractivity contribution in [3.05, 3.63) is 237 Å². The minimum absolute atomic E-state index is 1.23. The van der Waals surface area contributed by atoms with Crippen LogP contribution in [-0.4, -0.2) is 8.80 Å². The molecule has 0 aliphatic carbocycles. The van der Waals surface area contributed by atoms with Crippen molar-refractivity contribution in [2.75, 3.05) is 0 Å². The third-order valence-electron chi connectivity index (χ3n) is 18.2. The lowest BCUT2D eigenvalue weighted by molar-refractivity contribution is 1.31. The van der Waals surface area contributed by atoms with Gasteiger partial charge in [0.05, 0.1) is 33.1 Å². The Morgan fingerprint density at radius 1 is 0.225 bits per heavy atom. The molecule has 0 bridgehead atoms. The molecule has 0 amide bonds. The van der Waals surface area contributed by atoms with Crippen LogP contribution in [0.15, 0.2) is 170 Å². The van der Waals surface area contributed by atoms with E-state index in [0.29, 0.717) is 0 Å². The monoisotopic (exact) mass is 1030 g/mol. The Hall–Kier alpha value is -8.98. The quantitative estimate of drug-likeness (QED) is 0.157. The van der Waals surface area contributed by atoms with Crippen molar-refractivity contribution in [3.8, 4) is 66.8 Å². The number of benzene rings is 11. The minimum atomic E-state index is 1.23. The molecule has 2 heteroatoms. The van der Waals surface area contributed by atoms with E-state index in [9.17, 15) is 0 Å². The highest BCUT2D eigenvalue weighted by Crippen LogP contribution is 2.54. The summed E-state index contributed by atoms with van der Waals surface area (Å²) in [5.41, 5.74) is 38.5. The summed E-state index contributed by atoms with van der Waals surface area (Å²) >= 11 is 0. The zero-order valence-corrected chi connectivity index (χ0v) is 48.1. The summed E-state index contributed by atoms with van der Waals surface area (Å²) in [6.07, 6.45) is 0. The summed E-state index contributed by atoms with van der Waals surface area (Å²) in [7, 11) is 0. The molecule has 0 aliphatic heterocycles. The van der Waals surface area contributed by atoms with E-state index in [0.717, 1.165) is 0 Å². The first-order valence-corrected chi connectivity index (χ1v) is 28.6. The van der Waals surface area contributed by atoms with Gasteiger partial charge in [0, 0.05) is 43.1 Å². The van der Waals surface area contributed by atoms with Crippen LogP contribution in [0.2, 0.25) is 0 Å². The van der Waals surface area contributed by atoms with Gasteiger partial charge in [0.15, 0.2) is 0 Å². The van der Waals surface area contributed by atoms with Gasteiger partial charge in [-0.1, -0.05) is 156 Å². The first-order chi connectivity index (χ1) is 38.7. The van der Waals surface area contributed by atoms with E-state index >= 15 is 0 Å². The fraction of sp³-hybridized carbons (Fsp3) is 0.154. The highest BCUT2D eigenvalue weighted by Gasteiger charge is 2.30. The SMILES string of the molecule is Cc1cc(C)c(-c2cccc(-c3c(C)cc(C)cc3C)c2-c2ccc3c(c2)c2c4c5ccccc5n5c6ccc(-c7c(-c8c(C)cc(C)cc8C)cccc7-c7c(C)cc(C)cc7C)cc6c(c6c7ccccc7n3c62)c45)c(C)c1. The summed E-state index contributed by atoms with van der Waals surface area (Å²) in [5.74, 6) is 0. The van der Waals surface area contributed by atoms with E-state index in [1.54, 1.807) is 0 Å². The van der Waals surface area contributed by atoms with Crippen molar-refractivity contribution in [2.24, 2.45) is 0 Å². The van der Waals surface area contributed by atoms with Crippen LogP contribution in [0.25, 0.3) is 143 Å². The second-order valence-electron chi connectivity index (χ2n) is 23.9. The number of hydrogen-bond donors (Lipinski definition) is 0. The van der Waals surface area contributed by atoms with Crippen LogP contribution in [-0.2, 0) is 0 Å². The normalized spacial score (nSPS) is 12.2. The lowest BCUT2D eigenvalue weighted by Crippen LogP contribution is -1.98. The van der Waals surface area contributed by atoms with Gasteiger partial charge in [0.2, 0.25) is 0 Å². The Morgan fingerprint density at radius 3 is 0.787 bits per heavy atom. The molecule has 80 heavy (non-hydrogen) atoms. The van der Waals surface area contributed by atoms with E-state index in [-0.39, 0.29) is 0 Å². The molecular formula is C78H64N2. The molecule has 0 saturated heterocycles.